The van der Waals surface area contributed by atoms with E-state index in [0.717, 1.165) is 5.69 Å². The van der Waals surface area contributed by atoms with Crippen molar-refractivity contribution in [3.8, 4) is 0 Å². The fourth-order valence-electron chi connectivity index (χ4n) is 1.22. The minimum atomic E-state index is -0.191. The van der Waals surface area contributed by atoms with Crippen LogP contribution in [-0.2, 0) is 4.79 Å². The summed E-state index contributed by atoms with van der Waals surface area (Å²) in [6, 6.07) is 7.73. The Balaban J connectivity index is 2.44. The van der Waals surface area contributed by atoms with Gasteiger partial charge in [0.15, 0.2) is 5.96 Å². The normalized spacial score (nSPS) is 10.8. The molecule has 0 saturated heterocycles. The van der Waals surface area contributed by atoms with Crippen LogP contribution in [-0.4, -0.2) is 25.0 Å². The predicted molar refractivity (Wildman–Crippen MR) is 74.5 cm³/mol. The number of carbonyl (C=O) groups excluding carboxylic acids is 1. The number of rotatable bonds is 5. The third-order valence-electron chi connectivity index (χ3n) is 2.16. The highest BCUT2D eigenvalue weighted by Gasteiger charge is 1.99. The molecule has 0 aliphatic heterocycles. The number of amides is 1. The molecule has 0 bridgehead atoms. The van der Waals surface area contributed by atoms with Crippen molar-refractivity contribution in [1.29, 1.82) is 0 Å². The highest BCUT2D eigenvalue weighted by Crippen LogP contribution is 2.07. The third kappa shape index (κ3) is 5.16. The first-order chi connectivity index (χ1) is 8.61. The lowest BCUT2D eigenvalue weighted by Crippen LogP contribution is -2.29. The average Bonchev–Trinajstić information content (AvgIpc) is 2.36. The lowest BCUT2D eigenvalue weighted by Gasteiger charge is -2.05. The van der Waals surface area contributed by atoms with Gasteiger partial charge in [0.05, 0.1) is 0 Å². The largest absolute Gasteiger partial charge is 0.370 e. The molecule has 0 heterocycles. The quantitative estimate of drug-likeness (QED) is 0.412. The molecule has 1 aromatic carbocycles. The molecule has 0 spiro atoms. The maximum absolute atomic E-state index is 11.3. The number of nitrogens with two attached hydrogens (primary N) is 1. The number of guanidine groups is 1. The molecule has 0 aromatic heterocycles. The molecule has 18 heavy (non-hydrogen) atoms. The van der Waals surface area contributed by atoms with Gasteiger partial charge < -0.3 is 16.4 Å². The number of hydrogen-bond acceptors (Lipinski definition) is 2. The van der Waals surface area contributed by atoms with E-state index in [-0.39, 0.29) is 18.4 Å². The van der Waals surface area contributed by atoms with Gasteiger partial charge in [-0.1, -0.05) is 23.8 Å². The number of nitrogens with zero attached hydrogens (tertiary/aromatic N) is 1. The van der Waals surface area contributed by atoms with Crippen LogP contribution in [0.1, 0.15) is 5.56 Å². The lowest BCUT2D eigenvalue weighted by atomic mass is 10.2. The van der Waals surface area contributed by atoms with Crippen LogP contribution in [0, 0.1) is 6.92 Å². The van der Waals surface area contributed by atoms with Crippen molar-refractivity contribution < 1.29 is 4.79 Å². The topological polar surface area (TPSA) is 79.5 Å². The molecule has 0 atom stereocenters. The van der Waals surface area contributed by atoms with Crippen molar-refractivity contribution in [2.45, 2.75) is 6.92 Å². The Labute approximate surface area is 107 Å². The first kappa shape index (κ1) is 13.8. The van der Waals surface area contributed by atoms with Gasteiger partial charge in [-0.15, -0.1) is 6.58 Å². The molecule has 4 N–H and O–H groups in total. The smallest absolute Gasteiger partial charge is 0.242 e. The number of aryl methyl sites for hydroxylation is 1. The van der Waals surface area contributed by atoms with Gasteiger partial charge in [-0.25, -0.2) is 4.99 Å². The van der Waals surface area contributed by atoms with Crippen molar-refractivity contribution >= 4 is 17.6 Å². The second-order valence-electron chi connectivity index (χ2n) is 3.79. The summed E-state index contributed by atoms with van der Waals surface area (Å²) < 4.78 is 0. The van der Waals surface area contributed by atoms with Crippen LogP contribution < -0.4 is 16.4 Å². The molecule has 1 rings (SSSR count). The number of nitrogens with one attached hydrogen (secondary N) is 2. The Morgan fingerprint density at radius 1 is 1.44 bits per heavy atom. The number of anilines is 1. The standard InChI is InChI=1S/C13H18N4O/c1-3-8-15-12(18)9-16-13(14)17-11-6-4-10(2)5-7-11/h3-7H,1,8-9H2,2H3,(H,15,18)(H3,14,16,17). The molecule has 96 valence electrons. The van der Waals surface area contributed by atoms with Crippen molar-refractivity contribution in [2.24, 2.45) is 10.7 Å². The maximum atomic E-state index is 11.3. The molecule has 0 saturated carbocycles. The summed E-state index contributed by atoms with van der Waals surface area (Å²) in [5.74, 6) is 0.0242. The number of hydrogen-bond donors (Lipinski definition) is 3. The minimum Gasteiger partial charge on any atom is -0.370 e. The molecule has 1 aromatic rings. The molecule has 1 amide bonds. The van der Waals surface area contributed by atoms with Crippen LogP contribution in [0.5, 0.6) is 0 Å². The average molecular weight is 246 g/mol. The van der Waals surface area contributed by atoms with Gasteiger partial charge in [-0.05, 0) is 19.1 Å². The Morgan fingerprint density at radius 2 is 2.11 bits per heavy atom. The number of aliphatic imine (C=N–C) groups is 1. The van der Waals surface area contributed by atoms with Crippen LogP contribution in [0.3, 0.4) is 0 Å². The van der Waals surface area contributed by atoms with Gasteiger partial charge in [0, 0.05) is 12.2 Å². The van der Waals surface area contributed by atoms with Gasteiger partial charge in [0.2, 0.25) is 5.91 Å². The number of benzene rings is 1. The van der Waals surface area contributed by atoms with Crippen LogP contribution >= 0.6 is 0 Å². The van der Waals surface area contributed by atoms with Crippen molar-refractivity contribution in [2.75, 3.05) is 18.4 Å². The van der Waals surface area contributed by atoms with Crippen LogP contribution in [0.25, 0.3) is 0 Å². The molecule has 0 aliphatic rings. The second-order valence-corrected chi connectivity index (χ2v) is 3.79. The number of carbonyl (C=O) groups is 1. The molecule has 5 nitrogen and oxygen atoms in total. The Hall–Kier alpha value is -2.30. The zero-order chi connectivity index (χ0) is 13.4. The third-order valence-corrected chi connectivity index (χ3v) is 2.16. The first-order valence-electron chi connectivity index (χ1n) is 5.63. The maximum Gasteiger partial charge on any atom is 0.242 e. The molecule has 5 heteroatoms. The van der Waals surface area contributed by atoms with E-state index < -0.39 is 0 Å². The van der Waals surface area contributed by atoms with E-state index in [1.807, 2.05) is 31.2 Å². The summed E-state index contributed by atoms with van der Waals surface area (Å²) in [6.07, 6.45) is 1.61. The van der Waals surface area contributed by atoms with E-state index in [0.29, 0.717) is 6.54 Å². The highest BCUT2D eigenvalue weighted by atomic mass is 16.1. The van der Waals surface area contributed by atoms with Gasteiger partial charge in [-0.2, -0.15) is 0 Å². The molecular formula is C13H18N4O. The van der Waals surface area contributed by atoms with Crippen LogP contribution in [0.4, 0.5) is 5.69 Å². The van der Waals surface area contributed by atoms with Crippen LogP contribution in [0.2, 0.25) is 0 Å². The fraction of sp³-hybridized carbons (Fsp3) is 0.231. The fourth-order valence-corrected chi connectivity index (χ4v) is 1.22. The van der Waals surface area contributed by atoms with Gasteiger partial charge in [0.25, 0.3) is 0 Å². The van der Waals surface area contributed by atoms with E-state index in [1.165, 1.54) is 5.56 Å². The van der Waals surface area contributed by atoms with E-state index in [9.17, 15) is 4.79 Å². The Kier molecular flexibility index (Phi) is 5.44. The van der Waals surface area contributed by atoms with E-state index >= 15 is 0 Å². The van der Waals surface area contributed by atoms with Crippen molar-refractivity contribution in [3.63, 3.8) is 0 Å². The van der Waals surface area contributed by atoms with Crippen LogP contribution in [0.15, 0.2) is 41.9 Å². The Morgan fingerprint density at radius 3 is 2.72 bits per heavy atom. The summed E-state index contributed by atoms with van der Waals surface area (Å²) >= 11 is 0. The SMILES string of the molecule is C=CCNC(=O)CN=C(N)Nc1ccc(C)cc1. The predicted octanol–water partition coefficient (Wildman–Crippen LogP) is 1.02. The second kappa shape index (κ2) is 7.11. The van der Waals surface area contributed by atoms with Crippen molar-refractivity contribution in [3.05, 3.63) is 42.5 Å². The first-order valence-corrected chi connectivity index (χ1v) is 5.63. The van der Waals surface area contributed by atoms with Gasteiger partial charge in [0.1, 0.15) is 6.54 Å². The summed E-state index contributed by atoms with van der Waals surface area (Å²) in [6.45, 7) is 5.94. The monoisotopic (exact) mass is 246 g/mol. The zero-order valence-electron chi connectivity index (χ0n) is 10.4. The minimum absolute atomic E-state index is 0.00145. The van der Waals surface area contributed by atoms with E-state index in [1.54, 1.807) is 6.08 Å². The highest BCUT2D eigenvalue weighted by molar-refractivity contribution is 5.93. The zero-order valence-corrected chi connectivity index (χ0v) is 10.4. The molecule has 0 radical (unpaired) electrons. The Bertz CT molecular complexity index is 437. The van der Waals surface area contributed by atoms with E-state index in [4.69, 9.17) is 5.73 Å². The molecule has 0 aliphatic carbocycles. The molecule has 0 unspecified atom stereocenters. The summed E-state index contributed by atoms with van der Waals surface area (Å²) in [7, 11) is 0. The molecular weight excluding hydrogens is 228 g/mol. The summed E-state index contributed by atoms with van der Waals surface area (Å²) in [4.78, 5) is 15.2. The van der Waals surface area contributed by atoms with E-state index in [2.05, 4.69) is 22.2 Å². The van der Waals surface area contributed by atoms with Crippen molar-refractivity contribution in [1.82, 2.24) is 5.32 Å². The van der Waals surface area contributed by atoms with Gasteiger partial charge in [-0.3, -0.25) is 4.79 Å². The summed E-state index contributed by atoms with van der Waals surface area (Å²) in [5, 5.41) is 5.52. The lowest BCUT2D eigenvalue weighted by molar-refractivity contribution is -0.119. The van der Waals surface area contributed by atoms with Gasteiger partial charge >= 0.3 is 0 Å². The molecule has 0 fully saturated rings. The summed E-state index contributed by atoms with van der Waals surface area (Å²) in [5.41, 5.74) is 7.67.